The first-order chi connectivity index (χ1) is 12.2. The topological polar surface area (TPSA) is 107 Å². The molecule has 0 radical (unpaired) electrons. The van der Waals surface area contributed by atoms with Crippen molar-refractivity contribution >= 4 is 25.7 Å². The van der Waals surface area contributed by atoms with E-state index in [1.54, 1.807) is 24.3 Å². The van der Waals surface area contributed by atoms with Crippen molar-refractivity contribution in [1.82, 2.24) is 4.31 Å². The number of hydrogen-bond donors (Lipinski definition) is 1. The van der Waals surface area contributed by atoms with Gasteiger partial charge in [0.1, 0.15) is 6.07 Å². The van der Waals surface area contributed by atoms with Gasteiger partial charge >= 0.3 is 0 Å². The van der Waals surface area contributed by atoms with E-state index >= 15 is 0 Å². The van der Waals surface area contributed by atoms with E-state index in [0.29, 0.717) is 5.56 Å². The highest BCUT2D eigenvalue weighted by Crippen LogP contribution is 2.17. The summed E-state index contributed by atoms with van der Waals surface area (Å²) < 4.78 is 52.0. The number of rotatable bonds is 7. The summed E-state index contributed by atoms with van der Waals surface area (Å²) in [6, 6.07) is 14.4. The van der Waals surface area contributed by atoms with Crippen LogP contribution in [-0.4, -0.2) is 41.0 Å². The minimum atomic E-state index is -3.64. The second-order valence-electron chi connectivity index (χ2n) is 5.76. The van der Waals surface area contributed by atoms with Gasteiger partial charge in [-0.2, -0.15) is 5.26 Å². The second-order valence-corrected chi connectivity index (χ2v) is 9.75. The molecule has 138 valence electrons. The van der Waals surface area contributed by atoms with Crippen molar-refractivity contribution in [3.05, 3.63) is 59.7 Å². The van der Waals surface area contributed by atoms with Crippen molar-refractivity contribution in [2.24, 2.45) is 0 Å². The van der Waals surface area contributed by atoms with Gasteiger partial charge in [-0.3, -0.25) is 4.72 Å². The van der Waals surface area contributed by atoms with Crippen molar-refractivity contribution in [2.45, 2.75) is 11.3 Å². The maximum Gasteiger partial charge on any atom is 0.242 e. The predicted molar refractivity (Wildman–Crippen MR) is 99.6 cm³/mol. The number of nitrogens with one attached hydrogen (secondary N) is 1. The molecular formula is C17H19N3O4S2. The van der Waals surface area contributed by atoms with Crippen molar-refractivity contribution in [3.8, 4) is 6.07 Å². The number of benzene rings is 2. The molecule has 0 amide bonds. The Morgan fingerprint density at radius 3 is 2.19 bits per heavy atom. The number of sulfonamides is 2. The molecule has 0 unspecified atom stereocenters. The molecule has 2 rings (SSSR count). The molecule has 2 aromatic carbocycles. The molecular weight excluding hydrogens is 374 g/mol. The van der Waals surface area contributed by atoms with Gasteiger partial charge < -0.3 is 0 Å². The van der Waals surface area contributed by atoms with Gasteiger partial charge in [-0.15, -0.1) is 0 Å². The molecule has 26 heavy (non-hydrogen) atoms. The van der Waals surface area contributed by atoms with Crippen LogP contribution in [0, 0.1) is 11.3 Å². The van der Waals surface area contributed by atoms with E-state index in [0.717, 1.165) is 4.31 Å². The van der Waals surface area contributed by atoms with Gasteiger partial charge in [-0.25, -0.2) is 21.1 Å². The molecule has 0 aliphatic carbocycles. The molecule has 0 spiro atoms. The summed E-state index contributed by atoms with van der Waals surface area (Å²) >= 11 is 0. The Morgan fingerprint density at radius 1 is 1.00 bits per heavy atom. The Morgan fingerprint density at radius 2 is 1.62 bits per heavy atom. The molecule has 0 aromatic heterocycles. The summed E-state index contributed by atoms with van der Waals surface area (Å²) in [5.41, 5.74) is 1.18. The zero-order chi connectivity index (χ0) is 19.4. The lowest BCUT2D eigenvalue weighted by Crippen LogP contribution is -2.22. The first-order valence-corrected chi connectivity index (χ1v) is 10.8. The molecule has 0 saturated heterocycles. The lowest BCUT2D eigenvalue weighted by Gasteiger charge is -2.12. The van der Waals surface area contributed by atoms with Crippen molar-refractivity contribution in [1.29, 1.82) is 5.26 Å². The van der Waals surface area contributed by atoms with Crippen molar-refractivity contribution in [3.63, 3.8) is 0 Å². The number of aryl methyl sites for hydroxylation is 1. The van der Waals surface area contributed by atoms with Crippen LogP contribution < -0.4 is 4.72 Å². The lowest BCUT2D eigenvalue weighted by molar-refractivity contribution is 0.520. The van der Waals surface area contributed by atoms with E-state index < -0.39 is 20.0 Å². The lowest BCUT2D eigenvalue weighted by atomic mass is 10.2. The Labute approximate surface area is 154 Å². The van der Waals surface area contributed by atoms with Crippen LogP contribution in [0.5, 0.6) is 0 Å². The number of anilines is 1. The summed E-state index contributed by atoms with van der Waals surface area (Å²) in [5.74, 6) is -0.188. The van der Waals surface area contributed by atoms with E-state index in [1.807, 2.05) is 6.07 Å². The van der Waals surface area contributed by atoms with Gasteiger partial charge in [0.05, 0.1) is 21.9 Å². The van der Waals surface area contributed by atoms with Gasteiger partial charge in [0, 0.05) is 14.1 Å². The van der Waals surface area contributed by atoms with Crippen LogP contribution >= 0.6 is 0 Å². The summed E-state index contributed by atoms with van der Waals surface area (Å²) in [7, 11) is -4.27. The molecule has 0 aliphatic rings. The minimum absolute atomic E-state index is 0.148. The Bertz CT molecular complexity index is 1020. The van der Waals surface area contributed by atoms with E-state index in [9.17, 15) is 16.8 Å². The molecule has 0 fully saturated rings. The molecule has 9 heteroatoms. The smallest absolute Gasteiger partial charge is 0.242 e. The third-order valence-corrected chi connectivity index (χ3v) is 6.78. The normalized spacial score (nSPS) is 11.9. The van der Waals surface area contributed by atoms with Crippen LogP contribution in [0.1, 0.15) is 11.1 Å². The third-order valence-electron chi connectivity index (χ3n) is 3.67. The minimum Gasteiger partial charge on any atom is -0.282 e. The van der Waals surface area contributed by atoms with E-state index in [1.165, 1.54) is 38.4 Å². The molecule has 0 aliphatic heterocycles. The van der Waals surface area contributed by atoms with Gasteiger partial charge in [-0.05, 0) is 36.2 Å². The van der Waals surface area contributed by atoms with Crippen LogP contribution in [0.25, 0.3) is 0 Å². The maximum atomic E-state index is 12.2. The Hall–Kier alpha value is -2.41. The Kier molecular flexibility index (Phi) is 6.02. The monoisotopic (exact) mass is 393 g/mol. The number of hydrogen-bond acceptors (Lipinski definition) is 5. The summed E-state index contributed by atoms with van der Waals surface area (Å²) in [5, 5.41) is 9.02. The third kappa shape index (κ3) is 4.82. The zero-order valence-electron chi connectivity index (χ0n) is 14.4. The highest BCUT2D eigenvalue weighted by atomic mass is 32.2. The SMILES string of the molecule is CN(C)S(=O)(=O)c1ccc(CCS(=O)(=O)Nc2ccccc2C#N)cc1. The summed E-state index contributed by atoms with van der Waals surface area (Å²) in [6.45, 7) is 0. The van der Waals surface area contributed by atoms with Crippen molar-refractivity contribution in [2.75, 3.05) is 24.6 Å². The molecule has 2 aromatic rings. The first-order valence-electron chi connectivity index (χ1n) is 7.67. The summed E-state index contributed by atoms with van der Waals surface area (Å²) in [4.78, 5) is 0.148. The standard InChI is InChI=1S/C17H19N3O4S2/c1-20(2)26(23,24)16-9-7-14(8-10-16)11-12-25(21,22)19-17-6-4-3-5-15(17)13-18/h3-10,19H,11-12H2,1-2H3. The highest BCUT2D eigenvalue weighted by Gasteiger charge is 2.17. The van der Waals surface area contributed by atoms with Gasteiger partial charge in [0.25, 0.3) is 0 Å². The fraction of sp³-hybridized carbons (Fsp3) is 0.235. The van der Waals surface area contributed by atoms with Crippen LogP contribution in [0.2, 0.25) is 0 Å². The number of nitriles is 1. The van der Waals surface area contributed by atoms with Crippen LogP contribution in [0.3, 0.4) is 0 Å². The average molecular weight is 393 g/mol. The molecule has 0 atom stereocenters. The average Bonchev–Trinajstić information content (AvgIpc) is 2.60. The zero-order valence-corrected chi connectivity index (χ0v) is 16.0. The van der Waals surface area contributed by atoms with Crippen LogP contribution in [0.4, 0.5) is 5.69 Å². The second kappa shape index (κ2) is 7.86. The van der Waals surface area contributed by atoms with Gasteiger partial charge in [0.2, 0.25) is 20.0 Å². The van der Waals surface area contributed by atoms with Crippen molar-refractivity contribution < 1.29 is 16.8 Å². The van der Waals surface area contributed by atoms with Gasteiger partial charge in [-0.1, -0.05) is 24.3 Å². The fourth-order valence-electron chi connectivity index (χ4n) is 2.18. The molecule has 7 nitrogen and oxygen atoms in total. The number of nitrogens with zero attached hydrogens (tertiary/aromatic N) is 2. The number of para-hydroxylation sites is 1. The van der Waals surface area contributed by atoms with E-state index in [2.05, 4.69) is 4.72 Å². The predicted octanol–water partition coefficient (Wildman–Crippen LogP) is 1.79. The van der Waals surface area contributed by atoms with E-state index in [-0.39, 0.29) is 28.3 Å². The molecule has 1 N–H and O–H groups in total. The van der Waals surface area contributed by atoms with Crippen LogP contribution in [0.15, 0.2) is 53.4 Å². The highest BCUT2D eigenvalue weighted by molar-refractivity contribution is 7.92. The fourth-order valence-corrected chi connectivity index (χ4v) is 4.20. The molecule has 0 heterocycles. The molecule has 0 saturated carbocycles. The largest absolute Gasteiger partial charge is 0.282 e. The summed E-state index contributed by atoms with van der Waals surface area (Å²) in [6.07, 6.45) is 0.215. The molecule has 0 bridgehead atoms. The van der Waals surface area contributed by atoms with E-state index in [4.69, 9.17) is 5.26 Å². The maximum absolute atomic E-state index is 12.2. The Balaban J connectivity index is 2.07. The van der Waals surface area contributed by atoms with Crippen LogP contribution in [-0.2, 0) is 26.5 Å². The first kappa shape index (κ1) is 19.9. The van der Waals surface area contributed by atoms with Gasteiger partial charge in [0.15, 0.2) is 0 Å². The quantitative estimate of drug-likeness (QED) is 0.772.